The van der Waals surface area contributed by atoms with Gasteiger partial charge in [-0.2, -0.15) is 0 Å². The maximum absolute atomic E-state index is 12.1. The van der Waals surface area contributed by atoms with Crippen LogP contribution < -0.4 is 0 Å². The first kappa shape index (κ1) is 8.85. The Hall–Kier alpha value is -0.150. The molecule has 0 radical (unpaired) electrons. The molecular formula is C6H15FN2. The number of halogens is 1. The van der Waals surface area contributed by atoms with E-state index in [1.165, 1.54) is 7.05 Å². The lowest BCUT2D eigenvalue weighted by atomic mass is 10.3. The molecule has 0 aromatic carbocycles. The molecular weight excluding hydrogens is 119 g/mol. The first-order chi connectivity index (χ1) is 4.04. The van der Waals surface area contributed by atoms with Crippen molar-refractivity contribution in [2.24, 2.45) is 0 Å². The summed E-state index contributed by atoms with van der Waals surface area (Å²) in [6.07, 6.45) is 0. The standard InChI is InChI=1S/C6H15FN2/c1-6(8(2)3)5-9(4)7/h6H,5H2,1-4H3. The lowest BCUT2D eigenvalue weighted by molar-refractivity contribution is 0.0356. The molecule has 0 rings (SSSR count). The van der Waals surface area contributed by atoms with Crippen LogP contribution in [0, 0.1) is 0 Å². The molecule has 0 fully saturated rings. The predicted octanol–water partition coefficient (Wildman–Crippen LogP) is 0.753. The van der Waals surface area contributed by atoms with E-state index < -0.39 is 0 Å². The third-order valence-corrected chi connectivity index (χ3v) is 1.40. The Balaban J connectivity index is 3.38. The monoisotopic (exact) mass is 134 g/mol. The summed E-state index contributed by atoms with van der Waals surface area (Å²) in [5, 5.41) is 0.699. The summed E-state index contributed by atoms with van der Waals surface area (Å²) in [7, 11) is 5.31. The van der Waals surface area contributed by atoms with Crippen molar-refractivity contribution in [2.75, 3.05) is 27.7 Å². The largest absolute Gasteiger partial charge is 0.305 e. The topological polar surface area (TPSA) is 6.48 Å². The van der Waals surface area contributed by atoms with Gasteiger partial charge >= 0.3 is 0 Å². The smallest absolute Gasteiger partial charge is 0.0440 e. The molecule has 0 aromatic rings. The summed E-state index contributed by atoms with van der Waals surface area (Å²) in [6.45, 7) is 2.45. The van der Waals surface area contributed by atoms with Crippen molar-refractivity contribution in [3.63, 3.8) is 0 Å². The summed E-state index contributed by atoms with van der Waals surface area (Å²) < 4.78 is 12.1. The van der Waals surface area contributed by atoms with Crippen LogP contribution in [0.1, 0.15) is 6.92 Å². The lowest BCUT2D eigenvalue weighted by Crippen LogP contribution is -2.33. The number of rotatable bonds is 3. The van der Waals surface area contributed by atoms with Crippen LogP contribution in [0.2, 0.25) is 0 Å². The minimum absolute atomic E-state index is 0.278. The van der Waals surface area contributed by atoms with Gasteiger partial charge in [-0.1, -0.05) is 0 Å². The Morgan fingerprint density at radius 3 is 1.89 bits per heavy atom. The van der Waals surface area contributed by atoms with E-state index in [1.54, 1.807) is 0 Å². The van der Waals surface area contributed by atoms with Crippen molar-refractivity contribution < 1.29 is 4.48 Å². The van der Waals surface area contributed by atoms with Crippen LogP contribution in [0.25, 0.3) is 0 Å². The van der Waals surface area contributed by atoms with Gasteiger partial charge in [-0.05, 0) is 21.0 Å². The van der Waals surface area contributed by atoms with Crippen LogP contribution in [0.4, 0.5) is 4.48 Å². The molecule has 0 spiro atoms. The molecule has 0 aliphatic rings. The minimum Gasteiger partial charge on any atom is -0.305 e. The molecule has 0 aliphatic heterocycles. The zero-order chi connectivity index (χ0) is 7.44. The summed E-state index contributed by atoms with van der Waals surface area (Å²) >= 11 is 0. The van der Waals surface area contributed by atoms with E-state index >= 15 is 0 Å². The quantitative estimate of drug-likeness (QED) is 0.526. The molecule has 0 saturated carbocycles. The average molecular weight is 134 g/mol. The highest BCUT2D eigenvalue weighted by atomic mass is 19.2. The molecule has 9 heavy (non-hydrogen) atoms. The first-order valence-corrected chi connectivity index (χ1v) is 3.07. The highest BCUT2D eigenvalue weighted by molar-refractivity contribution is 4.59. The number of nitrogens with zero attached hydrogens (tertiary/aromatic N) is 2. The third-order valence-electron chi connectivity index (χ3n) is 1.40. The van der Waals surface area contributed by atoms with E-state index in [0.717, 1.165) is 0 Å². The van der Waals surface area contributed by atoms with Gasteiger partial charge < -0.3 is 4.90 Å². The highest BCUT2D eigenvalue weighted by Crippen LogP contribution is 1.93. The van der Waals surface area contributed by atoms with Gasteiger partial charge in [0.15, 0.2) is 0 Å². The second kappa shape index (κ2) is 3.80. The van der Waals surface area contributed by atoms with E-state index in [1.807, 2.05) is 25.9 Å². The van der Waals surface area contributed by atoms with Crippen molar-refractivity contribution in [2.45, 2.75) is 13.0 Å². The van der Waals surface area contributed by atoms with Crippen molar-refractivity contribution in [1.29, 1.82) is 0 Å². The van der Waals surface area contributed by atoms with Crippen LogP contribution in [0.15, 0.2) is 0 Å². The Morgan fingerprint density at radius 1 is 1.33 bits per heavy atom. The highest BCUT2D eigenvalue weighted by Gasteiger charge is 2.05. The molecule has 0 N–H and O–H groups in total. The molecule has 3 heteroatoms. The number of likely N-dealkylation sites (N-methyl/N-ethyl adjacent to an activating group) is 2. The summed E-state index contributed by atoms with van der Waals surface area (Å²) in [6, 6.07) is 0.278. The van der Waals surface area contributed by atoms with Gasteiger partial charge in [0, 0.05) is 19.6 Å². The second-order valence-corrected chi connectivity index (χ2v) is 2.60. The minimum atomic E-state index is 0.278. The van der Waals surface area contributed by atoms with Gasteiger partial charge in [-0.15, -0.1) is 9.60 Å². The number of hydrogen-bond donors (Lipinski definition) is 0. The van der Waals surface area contributed by atoms with Crippen LogP contribution in [-0.2, 0) is 0 Å². The zero-order valence-electron chi connectivity index (χ0n) is 6.56. The molecule has 56 valence electrons. The Kier molecular flexibility index (Phi) is 3.73. The van der Waals surface area contributed by atoms with Crippen LogP contribution in [-0.4, -0.2) is 43.8 Å². The Labute approximate surface area is 56.2 Å². The molecule has 0 aliphatic carbocycles. The Bertz CT molecular complexity index is 73.5. The van der Waals surface area contributed by atoms with Gasteiger partial charge in [-0.3, -0.25) is 0 Å². The normalized spacial score (nSPS) is 15.0. The fraction of sp³-hybridized carbons (Fsp3) is 1.00. The molecule has 0 saturated heterocycles. The van der Waals surface area contributed by atoms with Gasteiger partial charge in [0.1, 0.15) is 0 Å². The van der Waals surface area contributed by atoms with E-state index in [4.69, 9.17) is 0 Å². The van der Waals surface area contributed by atoms with Gasteiger partial charge in [0.05, 0.1) is 0 Å². The molecule has 2 nitrogen and oxygen atoms in total. The Morgan fingerprint density at radius 2 is 1.78 bits per heavy atom. The van der Waals surface area contributed by atoms with Crippen molar-refractivity contribution in [3.8, 4) is 0 Å². The summed E-state index contributed by atoms with van der Waals surface area (Å²) in [4.78, 5) is 1.98. The first-order valence-electron chi connectivity index (χ1n) is 3.07. The van der Waals surface area contributed by atoms with Gasteiger partial charge in [0.25, 0.3) is 0 Å². The van der Waals surface area contributed by atoms with Crippen molar-refractivity contribution in [1.82, 2.24) is 10.0 Å². The fourth-order valence-electron chi connectivity index (χ4n) is 0.527. The summed E-state index contributed by atoms with van der Waals surface area (Å²) in [5.74, 6) is 0. The second-order valence-electron chi connectivity index (χ2n) is 2.60. The van der Waals surface area contributed by atoms with E-state index in [0.29, 0.717) is 11.7 Å². The van der Waals surface area contributed by atoms with E-state index in [9.17, 15) is 4.48 Å². The average Bonchev–Trinajstić information content (AvgIpc) is 1.63. The summed E-state index contributed by atoms with van der Waals surface area (Å²) in [5.41, 5.74) is 0. The predicted molar refractivity (Wildman–Crippen MR) is 36.9 cm³/mol. The molecule has 0 heterocycles. The molecule has 0 aromatic heterocycles. The molecule has 0 amide bonds. The lowest BCUT2D eigenvalue weighted by Gasteiger charge is -2.20. The number of hydrogen-bond acceptors (Lipinski definition) is 2. The maximum Gasteiger partial charge on any atom is 0.0440 e. The van der Waals surface area contributed by atoms with E-state index in [-0.39, 0.29) is 6.04 Å². The van der Waals surface area contributed by atoms with Crippen LogP contribution >= 0.6 is 0 Å². The fourth-order valence-corrected chi connectivity index (χ4v) is 0.527. The van der Waals surface area contributed by atoms with Gasteiger partial charge in [-0.25, -0.2) is 0 Å². The molecule has 0 bridgehead atoms. The van der Waals surface area contributed by atoms with Crippen molar-refractivity contribution >= 4 is 0 Å². The van der Waals surface area contributed by atoms with Gasteiger partial charge in [0.2, 0.25) is 0 Å². The van der Waals surface area contributed by atoms with E-state index in [2.05, 4.69) is 0 Å². The molecule has 1 unspecified atom stereocenters. The van der Waals surface area contributed by atoms with Crippen molar-refractivity contribution in [3.05, 3.63) is 0 Å². The zero-order valence-corrected chi connectivity index (χ0v) is 6.56. The molecule has 1 atom stereocenters. The maximum atomic E-state index is 12.1. The van der Waals surface area contributed by atoms with Crippen LogP contribution in [0.5, 0.6) is 0 Å². The van der Waals surface area contributed by atoms with Crippen LogP contribution in [0.3, 0.4) is 0 Å². The SMILES string of the molecule is CC(CN(C)F)N(C)C. The third kappa shape index (κ3) is 4.36.